The van der Waals surface area contributed by atoms with Crippen LogP contribution in [-0.4, -0.2) is 27.1 Å². The van der Waals surface area contributed by atoms with Crippen molar-refractivity contribution in [2.75, 3.05) is 11.9 Å². The van der Waals surface area contributed by atoms with Crippen LogP contribution in [0.5, 0.6) is 5.75 Å². The number of nitrogens with one attached hydrogen (secondary N) is 1. The number of amides is 1. The standard InChI is InChI=1S/C19H15FN4O2S/c1-12-2-8-15(9-3-12)26-10-17(25)21-18-22-19-24(23-18)16(11-27-19)13-4-6-14(20)7-5-13/h2-9,11H,10H2,1H3,(H,21,23,25). The van der Waals surface area contributed by atoms with Gasteiger partial charge in [-0.25, -0.2) is 8.91 Å². The van der Waals surface area contributed by atoms with Crippen LogP contribution in [0.1, 0.15) is 5.56 Å². The number of carbonyl (C=O) groups excluding carboxylic acids is 1. The Morgan fingerprint density at radius 3 is 2.67 bits per heavy atom. The molecule has 0 spiro atoms. The lowest BCUT2D eigenvalue weighted by molar-refractivity contribution is -0.118. The molecule has 136 valence electrons. The first-order chi connectivity index (χ1) is 13.1. The second-order valence-electron chi connectivity index (χ2n) is 5.91. The van der Waals surface area contributed by atoms with E-state index in [0.717, 1.165) is 16.8 Å². The van der Waals surface area contributed by atoms with Crippen LogP contribution in [0, 0.1) is 12.7 Å². The van der Waals surface area contributed by atoms with Crippen LogP contribution in [0.3, 0.4) is 0 Å². The van der Waals surface area contributed by atoms with Crippen molar-refractivity contribution in [2.45, 2.75) is 6.92 Å². The third-order valence-electron chi connectivity index (χ3n) is 3.86. The minimum Gasteiger partial charge on any atom is -0.484 e. The van der Waals surface area contributed by atoms with E-state index in [2.05, 4.69) is 15.4 Å². The van der Waals surface area contributed by atoms with Crippen molar-refractivity contribution < 1.29 is 13.9 Å². The number of hydrogen-bond acceptors (Lipinski definition) is 5. The van der Waals surface area contributed by atoms with Crippen molar-refractivity contribution >= 4 is 28.2 Å². The van der Waals surface area contributed by atoms with Gasteiger partial charge in [0.1, 0.15) is 11.6 Å². The number of anilines is 1. The number of fused-ring (bicyclic) bond motifs is 1. The van der Waals surface area contributed by atoms with Crippen molar-refractivity contribution in [1.82, 2.24) is 14.6 Å². The van der Waals surface area contributed by atoms with E-state index in [-0.39, 0.29) is 24.3 Å². The van der Waals surface area contributed by atoms with Gasteiger partial charge in [-0.15, -0.1) is 16.4 Å². The Labute approximate surface area is 158 Å². The molecule has 0 saturated heterocycles. The summed E-state index contributed by atoms with van der Waals surface area (Å²) in [6.45, 7) is 1.84. The maximum atomic E-state index is 13.1. The van der Waals surface area contributed by atoms with Crippen LogP contribution < -0.4 is 10.1 Å². The first kappa shape index (κ1) is 17.2. The molecule has 0 atom stereocenters. The number of nitrogens with zero attached hydrogens (tertiary/aromatic N) is 3. The van der Waals surface area contributed by atoms with Gasteiger partial charge in [0.15, 0.2) is 6.61 Å². The molecule has 0 fully saturated rings. The minimum absolute atomic E-state index is 0.138. The Morgan fingerprint density at radius 2 is 1.93 bits per heavy atom. The van der Waals surface area contributed by atoms with Crippen molar-refractivity contribution in [3.8, 4) is 17.0 Å². The maximum absolute atomic E-state index is 13.1. The lowest BCUT2D eigenvalue weighted by Gasteiger charge is -2.05. The third-order valence-corrected chi connectivity index (χ3v) is 4.68. The lowest BCUT2D eigenvalue weighted by atomic mass is 10.2. The van der Waals surface area contributed by atoms with E-state index in [4.69, 9.17) is 4.74 Å². The van der Waals surface area contributed by atoms with Gasteiger partial charge in [-0.1, -0.05) is 17.7 Å². The average molecular weight is 382 g/mol. The van der Waals surface area contributed by atoms with E-state index < -0.39 is 0 Å². The molecule has 4 aromatic rings. The molecule has 4 rings (SSSR count). The molecule has 1 N–H and O–H groups in total. The van der Waals surface area contributed by atoms with E-state index in [1.807, 2.05) is 36.6 Å². The summed E-state index contributed by atoms with van der Waals surface area (Å²) in [4.78, 5) is 17.0. The molecule has 6 nitrogen and oxygen atoms in total. The molecule has 0 unspecified atom stereocenters. The fourth-order valence-corrected chi connectivity index (χ4v) is 3.33. The zero-order valence-electron chi connectivity index (χ0n) is 14.3. The Morgan fingerprint density at radius 1 is 1.19 bits per heavy atom. The molecular weight excluding hydrogens is 367 g/mol. The first-order valence-corrected chi connectivity index (χ1v) is 9.06. The molecular formula is C19H15FN4O2S. The van der Waals surface area contributed by atoms with E-state index in [1.165, 1.54) is 23.5 Å². The summed E-state index contributed by atoms with van der Waals surface area (Å²) in [6.07, 6.45) is 0. The number of ether oxygens (including phenoxy) is 1. The van der Waals surface area contributed by atoms with Crippen LogP contribution >= 0.6 is 11.3 Å². The summed E-state index contributed by atoms with van der Waals surface area (Å²) in [5.41, 5.74) is 2.71. The Hall–Kier alpha value is -3.26. The number of carbonyl (C=O) groups is 1. The first-order valence-electron chi connectivity index (χ1n) is 8.18. The number of benzene rings is 2. The summed E-state index contributed by atoms with van der Waals surface area (Å²) >= 11 is 1.39. The van der Waals surface area contributed by atoms with E-state index in [1.54, 1.807) is 16.6 Å². The SMILES string of the molecule is Cc1ccc(OCC(=O)Nc2nc3scc(-c4ccc(F)cc4)n3n2)cc1. The van der Waals surface area contributed by atoms with Gasteiger partial charge in [0.2, 0.25) is 4.96 Å². The molecule has 0 radical (unpaired) electrons. The molecule has 0 saturated carbocycles. The number of hydrogen-bond donors (Lipinski definition) is 1. The Bertz CT molecular complexity index is 1090. The molecule has 0 aliphatic heterocycles. The highest BCUT2D eigenvalue weighted by atomic mass is 32.1. The highest BCUT2D eigenvalue weighted by Gasteiger charge is 2.13. The number of thiazole rings is 1. The number of halogens is 1. The minimum atomic E-state index is -0.350. The normalized spacial score (nSPS) is 10.9. The average Bonchev–Trinajstić information content (AvgIpc) is 3.22. The van der Waals surface area contributed by atoms with Crippen molar-refractivity contribution in [3.63, 3.8) is 0 Å². The van der Waals surface area contributed by atoms with Crippen molar-refractivity contribution in [3.05, 3.63) is 65.3 Å². The summed E-state index contributed by atoms with van der Waals surface area (Å²) in [7, 11) is 0. The molecule has 2 aromatic heterocycles. The van der Waals surface area contributed by atoms with E-state index in [9.17, 15) is 9.18 Å². The maximum Gasteiger partial charge on any atom is 0.264 e. The van der Waals surface area contributed by atoms with Gasteiger partial charge < -0.3 is 4.74 Å². The second kappa shape index (κ2) is 7.16. The van der Waals surface area contributed by atoms with Crippen molar-refractivity contribution in [2.24, 2.45) is 0 Å². The highest BCUT2D eigenvalue weighted by Crippen LogP contribution is 2.26. The molecule has 27 heavy (non-hydrogen) atoms. The summed E-state index contributed by atoms with van der Waals surface area (Å²) in [5, 5.41) is 8.82. The van der Waals surface area contributed by atoms with E-state index >= 15 is 0 Å². The van der Waals surface area contributed by atoms with Crippen LogP contribution in [0.25, 0.3) is 16.2 Å². The van der Waals surface area contributed by atoms with Gasteiger partial charge in [-0.2, -0.15) is 4.98 Å². The van der Waals surface area contributed by atoms with Gasteiger partial charge in [-0.3, -0.25) is 10.1 Å². The molecule has 0 bridgehead atoms. The smallest absolute Gasteiger partial charge is 0.264 e. The topological polar surface area (TPSA) is 68.5 Å². The summed E-state index contributed by atoms with van der Waals surface area (Å²) in [5.74, 6) is 0.165. The predicted molar refractivity (Wildman–Crippen MR) is 102 cm³/mol. The largest absolute Gasteiger partial charge is 0.484 e. The quantitative estimate of drug-likeness (QED) is 0.568. The lowest BCUT2D eigenvalue weighted by Crippen LogP contribution is -2.20. The van der Waals surface area contributed by atoms with Gasteiger partial charge in [0, 0.05) is 10.9 Å². The summed E-state index contributed by atoms with van der Waals surface area (Å²) in [6, 6.07) is 13.6. The van der Waals surface area contributed by atoms with Crippen LogP contribution in [0.15, 0.2) is 53.9 Å². The van der Waals surface area contributed by atoms with Gasteiger partial charge in [0.25, 0.3) is 11.9 Å². The molecule has 2 aromatic carbocycles. The Balaban J connectivity index is 1.45. The summed E-state index contributed by atoms with van der Waals surface area (Å²) < 4.78 is 20.2. The highest BCUT2D eigenvalue weighted by molar-refractivity contribution is 7.15. The molecule has 1 amide bonds. The van der Waals surface area contributed by atoms with Gasteiger partial charge >= 0.3 is 0 Å². The van der Waals surface area contributed by atoms with E-state index in [0.29, 0.717) is 10.7 Å². The van der Waals surface area contributed by atoms with Gasteiger partial charge in [0.05, 0.1) is 5.69 Å². The molecule has 0 aliphatic carbocycles. The number of aromatic nitrogens is 3. The monoisotopic (exact) mass is 382 g/mol. The third kappa shape index (κ3) is 3.80. The van der Waals surface area contributed by atoms with Crippen molar-refractivity contribution in [1.29, 1.82) is 0 Å². The Kier molecular flexibility index (Phi) is 4.55. The zero-order chi connectivity index (χ0) is 18.8. The molecule has 8 heteroatoms. The van der Waals surface area contributed by atoms with Gasteiger partial charge in [-0.05, 0) is 43.3 Å². The second-order valence-corrected chi connectivity index (χ2v) is 6.74. The predicted octanol–water partition coefficient (Wildman–Crippen LogP) is 3.92. The van der Waals surface area contributed by atoms with Crippen LogP contribution in [-0.2, 0) is 4.79 Å². The molecule has 0 aliphatic rings. The van der Waals surface area contributed by atoms with Crippen LogP contribution in [0.4, 0.5) is 10.3 Å². The fraction of sp³-hybridized carbons (Fsp3) is 0.105. The fourth-order valence-electron chi connectivity index (χ4n) is 2.50. The number of rotatable bonds is 5. The van der Waals surface area contributed by atoms with Crippen LogP contribution in [0.2, 0.25) is 0 Å². The zero-order valence-corrected chi connectivity index (χ0v) is 15.2. The number of aryl methyl sites for hydroxylation is 1. The molecule has 2 heterocycles.